The number of benzene rings is 1. The summed E-state index contributed by atoms with van der Waals surface area (Å²) in [5, 5.41) is -0.400. The molecular weight excluding hydrogens is 380 g/mol. The third-order valence-corrected chi connectivity index (χ3v) is 4.59. The van der Waals surface area contributed by atoms with E-state index in [1.807, 2.05) is 0 Å². The predicted octanol–water partition coefficient (Wildman–Crippen LogP) is 2.94. The lowest BCUT2D eigenvalue weighted by Crippen LogP contribution is -2.41. The maximum absolute atomic E-state index is 12.9. The van der Waals surface area contributed by atoms with Gasteiger partial charge in [0.2, 0.25) is 10.0 Å². The number of hydrogen-bond donors (Lipinski definition) is 2. The van der Waals surface area contributed by atoms with Gasteiger partial charge in [-0.25, -0.2) is 21.9 Å². The first kappa shape index (κ1) is 20.1. The smallest absolute Gasteiger partial charge is 0.273 e. The van der Waals surface area contributed by atoms with Gasteiger partial charge < -0.3 is 5.73 Å². The summed E-state index contributed by atoms with van der Waals surface area (Å²) >= 11 is 17.0. The first-order valence-corrected chi connectivity index (χ1v) is 7.43. The van der Waals surface area contributed by atoms with Crippen LogP contribution in [0.15, 0.2) is 17.0 Å². The number of hydrogen-bond acceptors (Lipinski definition) is 3. The zero-order valence-corrected chi connectivity index (χ0v) is 13.6. The van der Waals surface area contributed by atoms with Gasteiger partial charge in [0.25, 0.3) is 5.92 Å². The Hall–Kier alpha value is 0.110. The molecule has 0 radical (unpaired) electrons. The summed E-state index contributed by atoms with van der Waals surface area (Å²) in [7, 11) is -4.29. The van der Waals surface area contributed by atoms with E-state index in [0.717, 1.165) is 12.1 Å². The molecule has 11 heteroatoms. The van der Waals surface area contributed by atoms with Crippen molar-refractivity contribution in [2.45, 2.75) is 10.8 Å². The molecule has 0 unspecified atom stereocenters. The molecule has 0 atom stereocenters. The second-order valence-electron chi connectivity index (χ2n) is 3.58. The van der Waals surface area contributed by atoms with E-state index in [2.05, 4.69) is 0 Å². The Labute approximate surface area is 136 Å². The fourth-order valence-electron chi connectivity index (χ4n) is 1.13. The first-order chi connectivity index (χ1) is 8.59. The molecule has 0 aliphatic rings. The molecule has 1 aromatic rings. The summed E-state index contributed by atoms with van der Waals surface area (Å²) in [5.41, 5.74) is 4.80. The van der Waals surface area contributed by atoms with Crippen molar-refractivity contribution < 1.29 is 17.2 Å². The molecule has 0 heterocycles. The standard InChI is InChI=1S/C9H9Cl3F2N2O2S.ClH/c10-5-1-6(11)8(7(12)2-5)19(17,18)16-4-9(13,14)3-15;/h1-2,16H,3-4,15H2;1H. The van der Waals surface area contributed by atoms with E-state index in [9.17, 15) is 17.2 Å². The van der Waals surface area contributed by atoms with Gasteiger partial charge in [-0.1, -0.05) is 34.8 Å². The van der Waals surface area contributed by atoms with E-state index in [-0.39, 0.29) is 27.5 Å². The molecule has 0 aliphatic heterocycles. The average molecular weight is 390 g/mol. The monoisotopic (exact) mass is 388 g/mol. The fourth-order valence-corrected chi connectivity index (χ4v) is 3.73. The molecule has 4 nitrogen and oxygen atoms in total. The molecule has 20 heavy (non-hydrogen) atoms. The van der Waals surface area contributed by atoms with Gasteiger partial charge in [-0.05, 0) is 12.1 Å². The molecule has 0 saturated carbocycles. The lowest BCUT2D eigenvalue weighted by molar-refractivity contribution is 0.0170. The van der Waals surface area contributed by atoms with Crippen molar-refractivity contribution in [1.82, 2.24) is 4.72 Å². The molecule has 116 valence electrons. The lowest BCUT2D eigenvalue weighted by Gasteiger charge is -2.16. The summed E-state index contributed by atoms with van der Waals surface area (Å²) in [5.74, 6) is -3.36. The van der Waals surface area contributed by atoms with Gasteiger partial charge in [-0.2, -0.15) is 0 Å². The number of nitrogens with one attached hydrogen (secondary N) is 1. The van der Waals surface area contributed by atoms with Gasteiger partial charge in [0.15, 0.2) is 0 Å². The molecule has 0 saturated heterocycles. The molecule has 0 amide bonds. The Bertz CT molecular complexity index is 560. The highest BCUT2D eigenvalue weighted by Gasteiger charge is 2.31. The molecule has 0 spiro atoms. The number of sulfonamides is 1. The zero-order valence-electron chi connectivity index (χ0n) is 9.67. The molecule has 0 aromatic heterocycles. The topological polar surface area (TPSA) is 72.2 Å². The van der Waals surface area contributed by atoms with Crippen molar-refractivity contribution in [3.05, 3.63) is 27.2 Å². The number of alkyl halides is 2. The lowest BCUT2D eigenvalue weighted by atomic mass is 10.3. The van der Waals surface area contributed by atoms with E-state index < -0.39 is 33.9 Å². The van der Waals surface area contributed by atoms with Gasteiger partial charge in [-0.15, -0.1) is 12.4 Å². The minimum Gasteiger partial charge on any atom is -0.325 e. The molecular formula is C9H10Cl4F2N2O2S. The van der Waals surface area contributed by atoms with Crippen LogP contribution in [0.1, 0.15) is 0 Å². The number of halogens is 6. The molecule has 3 N–H and O–H groups in total. The van der Waals surface area contributed by atoms with Gasteiger partial charge >= 0.3 is 0 Å². The van der Waals surface area contributed by atoms with E-state index in [0.29, 0.717) is 0 Å². The maximum atomic E-state index is 12.9. The molecule has 1 aromatic carbocycles. The highest BCUT2D eigenvalue weighted by atomic mass is 35.5. The van der Waals surface area contributed by atoms with Crippen LogP contribution >= 0.6 is 47.2 Å². The quantitative estimate of drug-likeness (QED) is 0.813. The van der Waals surface area contributed by atoms with Crippen LogP contribution in [-0.4, -0.2) is 27.4 Å². The van der Waals surface area contributed by atoms with E-state index in [1.54, 1.807) is 4.72 Å². The third-order valence-electron chi connectivity index (χ3n) is 2.05. The highest BCUT2D eigenvalue weighted by molar-refractivity contribution is 7.89. The van der Waals surface area contributed by atoms with Crippen LogP contribution in [0.2, 0.25) is 15.1 Å². The van der Waals surface area contributed by atoms with Crippen LogP contribution in [0, 0.1) is 0 Å². The van der Waals surface area contributed by atoms with Crippen LogP contribution in [0.3, 0.4) is 0 Å². The van der Waals surface area contributed by atoms with Crippen molar-refractivity contribution in [1.29, 1.82) is 0 Å². The molecule has 0 aliphatic carbocycles. The normalized spacial score (nSPS) is 12.1. The van der Waals surface area contributed by atoms with E-state index in [4.69, 9.17) is 40.5 Å². The van der Waals surface area contributed by atoms with Gasteiger partial charge in [-0.3, -0.25) is 0 Å². The summed E-state index contributed by atoms with van der Waals surface area (Å²) in [4.78, 5) is -0.506. The Morgan fingerprint density at radius 3 is 2.05 bits per heavy atom. The molecule has 0 bridgehead atoms. The number of rotatable bonds is 5. The maximum Gasteiger partial charge on any atom is 0.273 e. The third kappa shape index (κ3) is 5.14. The van der Waals surface area contributed by atoms with Crippen LogP contribution in [0.5, 0.6) is 0 Å². The van der Waals surface area contributed by atoms with E-state index in [1.165, 1.54) is 0 Å². The Balaban J connectivity index is 0.00000361. The molecule has 0 fully saturated rings. The van der Waals surface area contributed by atoms with Crippen LogP contribution in [-0.2, 0) is 10.0 Å². The van der Waals surface area contributed by atoms with Crippen LogP contribution in [0.25, 0.3) is 0 Å². The van der Waals surface area contributed by atoms with Crippen molar-refractivity contribution in [2.24, 2.45) is 5.73 Å². The summed E-state index contributed by atoms with van der Waals surface area (Å²) in [6.07, 6.45) is 0. The van der Waals surface area contributed by atoms with Crippen molar-refractivity contribution in [3.8, 4) is 0 Å². The van der Waals surface area contributed by atoms with Gasteiger partial charge in [0.05, 0.1) is 23.1 Å². The van der Waals surface area contributed by atoms with Crippen LogP contribution in [0.4, 0.5) is 8.78 Å². The van der Waals surface area contributed by atoms with Crippen molar-refractivity contribution in [3.63, 3.8) is 0 Å². The predicted molar refractivity (Wildman–Crippen MR) is 77.9 cm³/mol. The van der Waals surface area contributed by atoms with Gasteiger partial charge in [0.1, 0.15) is 4.90 Å². The number of nitrogens with two attached hydrogens (primary N) is 1. The second-order valence-corrected chi connectivity index (χ2v) is 6.54. The largest absolute Gasteiger partial charge is 0.325 e. The van der Waals surface area contributed by atoms with E-state index >= 15 is 0 Å². The minimum absolute atomic E-state index is 0. The second kappa shape index (κ2) is 7.40. The Morgan fingerprint density at radius 2 is 1.65 bits per heavy atom. The average Bonchev–Trinajstić information content (AvgIpc) is 2.25. The minimum atomic E-state index is -4.29. The summed E-state index contributed by atoms with van der Waals surface area (Å²) < 4.78 is 51.2. The fraction of sp³-hybridized carbons (Fsp3) is 0.333. The first-order valence-electron chi connectivity index (χ1n) is 4.81. The molecule has 1 rings (SSSR count). The van der Waals surface area contributed by atoms with Crippen LogP contribution < -0.4 is 10.5 Å². The summed E-state index contributed by atoms with van der Waals surface area (Å²) in [6.45, 7) is -2.14. The van der Waals surface area contributed by atoms with Gasteiger partial charge in [0, 0.05) is 5.02 Å². The Morgan fingerprint density at radius 1 is 1.20 bits per heavy atom. The summed E-state index contributed by atoms with van der Waals surface area (Å²) in [6, 6.07) is 2.29. The van der Waals surface area contributed by atoms with Crippen molar-refractivity contribution >= 4 is 57.2 Å². The Kier molecular flexibility index (Phi) is 7.44. The SMILES string of the molecule is Cl.NCC(F)(F)CNS(=O)(=O)c1c(Cl)cc(Cl)cc1Cl. The highest BCUT2D eigenvalue weighted by Crippen LogP contribution is 2.32. The zero-order chi connectivity index (χ0) is 14.8. The van der Waals surface area contributed by atoms with Crippen molar-refractivity contribution in [2.75, 3.05) is 13.1 Å².